The molecule has 1 heterocycles. The highest BCUT2D eigenvalue weighted by atomic mass is 16.5. The molecule has 0 aromatic heterocycles. The summed E-state index contributed by atoms with van der Waals surface area (Å²) in [5.74, 6) is -0.373. The maximum Gasteiger partial charge on any atom is 0.252 e. The van der Waals surface area contributed by atoms with E-state index in [9.17, 15) is 9.59 Å². The van der Waals surface area contributed by atoms with Crippen LogP contribution in [0.5, 0.6) is 0 Å². The molecule has 6 nitrogen and oxygen atoms in total. The number of hydrogen-bond donors (Lipinski definition) is 2. The summed E-state index contributed by atoms with van der Waals surface area (Å²) in [4.78, 5) is 28.9. The Bertz CT molecular complexity index is 1100. The van der Waals surface area contributed by atoms with E-state index in [1.165, 1.54) is 5.56 Å². The van der Waals surface area contributed by atoms with Gasteiger partial charge >= 0.3 is 0 Å². The normalized spacial score (nSPS) is 14.7. The number of carbonyl (C=O) groups excluding carboxylic acids is 2. The number of benzene rings is 3. The number of morpholine rings is 1. The van der Waals surface area contributed by atoms with Crippen LogP contribution in [0.4, 0.5) is 0 Å². The van der Waals surface area contributed by atoms with Gasteiger partial charge in [-0.1, -0.05) is 78.9 Å². The first-order chi connectivity index (χ1) is 17.7. The quantitative estimate of drug-likeness (QED) is 0.432. The van der Waals surface area contributed by atoms with Crippen LogP contribution in [0.3, 0.4) is 0 Å². The molecule has 4 rings (SSSR count). The minimum Gasteiger partial charge on any atom is -0.379 e. The van der Waals surface area contributed by atoms with Crippen LogP contribution < -0.4 is 10.6 Å². The second kappa shape index (κ2) is 13.6. The average molecular weight is 486 g/mol. The number of carbonyl (C=O) groups is 2. The van der Waals surface area contributed by atoms with Crippen LogP contribution in [0.15, 0.2) is 84.9 Å². The molecule has 1 aliphatic heterocycles. The van der Waals surface area contributed by atoms with Crippen LogP contribution in [0.2, 0.25) is 0 Å². The summed E-state index contributed by atoms with van der Waals surface area (Å²) in [7, 11) is 0. The topological polar surface area (TPSA) is 70.7 Å². The molecule has 6 heteroatoms. The molecule has 1 atom stereocenters. The molecular weight excluding hydrogens is 450 g/mol. The van der Waals surface area contributed by atoms with E-state index in [4.69, 9.17) is 4.74 Å². The lowest BCUT2D eigenvalue weighted by Gasteiger charge is -2.27. The monoisotopic (exact) mass is 485 g/mol. The van der Waals surface area contributed by atoms with Gasteiger partial charge in [-0.05, 0) is 48.6 Å². The summed E-state index contributed by atoms with van der Waals surface area (Å²) in [5.41, 5.74) is 3.56. The lowest BCUT2D eigenvalue weighted by atomic mass is 9.98. The fraction of sp³-hybridized carbons (Fsp3) is 0.333. The van der Waals surface area contributed by atoms with Crippen LogP contribution in [-0.4, -0.2) is 62.1 Å². The van der Waals surface area contributed by atoms with Crippen LogP contribution in [0.25, 0.3) is 11.1 Å². The Morgan fingerprint density at radius 2 is 1.53 bits per heavy atom. The molecule has 0 bridgehead atoms. The van der Waals surface area contributed by atoms with E-state index in [1.807, 2.05) is 84.9 Å². The van der Waals surface area contributed by atoms with Gasteiger partial charge in [-0.15, -0.1) is 0 Å². The van der Waals surface area contributed by atoms with Crippen molar-refractivity contribution in [2.24, 2.45) is 0 Å². The smallest absolute Gasteiger partial charge is 0.252 e. The SMILES string of the molecule is O=C(N[C@@H](CCCN1CCOCC1)C(=O)NCCc1ccccc1)c1ccccc1-c1ccccc1. The Morgan fingerprint density at radius 1 is 0.861 bits per heavy atom. The third-order valence-corrected chi connectivity index (χ3v) is 6.50. The van der Waals surface area contributed by atoms with E-state index in [0.717, 1.165) is 56.8 Å². The van der Waals surface area contributed by atoms with E-state index in [1.54, 1.807) is 0 Å². The van der Waals surface area contributed by atoms with Gasteiger partial charge in [-0.2, -0.15) is 0 Å². The van der Waals surface area contributed by atoms with Crippen molar-refractivity contribution in [3.8, 4) is 11.1 Å². The van der Waals surface area contributed by atoms with Gasteiger partial charge in [0.2, 0.25) is 5.91 Å². The summed E-state index contributed by atoms with van der Waals surface area (Å²) < 4.78 is 5.43. The molecule has 0 spiro atoms. The highest BCUT2D eigenvalue weighted by molar-refractivity contribution is 6.02. The molecular formula is C30H35N3O3. The zero-order valence-corrected chi connectivity index (χ0v) is 20.7. The van der Waals surface area contributed by atoms with Crippen molar-refractivity contribution >= 4 is 11.8 Å². The summed E-state index contributed by atoms with van der Waals surface area (Å²) in [6.45, 7) is 4.72. The van der Waals surface area contributed by atoms with Gasteiger partial charge in [0.05, 0.1) is 13.2 Å². The summed E-state index contributed by atoms with van der Waals surface area (Å²) in [6, 6.07) is 26.9. The first-order valence-electron chi connectivity index (χ1n) is 12.8. The molecule has 3 aromatic carbocycles. The Morgan fingerprint density at radius 3 is 2.28 bits per heavy atom. The fourth-order valence-corrected chi connectivity index (χ4v) is 4.50. The van der Waals surface area contributed by atoms with Crippen LogP contribution in [0.1, 0.15) is 28.8 Å². The van der Waals surface area contributed by atoms with E-state index in [-0.39, 0.29) is 11.8 Å². The van der Waals surface area contributed by atoms with Gasteiger partial charge in [0, 0.05) is 25.2 Å². The molecule has 3 aromatic rings. The zero-order chi connectivity index (χ0) is 25.0. The van der Waals surface area contributed by atoms with Gasteiger partial charge < -0.3 is 15.4 Å². The Labute approximate surface area is 213 Å². The standard InChI is InChI=1S/C30H35N3O3/c34-29(27-15-8-7-14-26(27)25-12-5-2-6-13-25)32-28(16-9-19-33-20-22-36-23-21-33)30(35)31-18-17-24-10-3-1-4-11-24/h1-8,10-15,28H,9,16-23H2,(H,31,35)(H,32,34)/t28-/m0/s1. The predicted molar refractivity (Wildman–Crippen MR) is 143 cm³/mol. The number of rotatable bonds is 11. The van der Waals surface area contributed by atoms with Crippen LogP contribution in [-0.2, 0) is 16.0 Å². The zero-order valence-electron chi connectivity index (χ0n) is 20.7. The van der Waals surface area contributed by atoms with Crippen molar-refractivity contribution in [3.63, 3.8) is 0 Å². The summed E-state index contributed by atoms with van der Waals surface area (Å²) >= 11 is 0. The number of amides is 2. The number of nitrogens with zero attached hydrogens (tertiary/aromatic N) is 1. The van der Waals surface area contributed by atoms with Gasteiger partial charge in [0.25, 0.3) is 5.91 Å². The van der Waals surface area contributed by atoms with E-state index >= 15 is 0 Å². The molecule has 2 N–H and O–H groups in total. The third-order valence-electron chi connectivity index (χ3n) is 6.50. The van der Waals surface area contributed by atoms with Crippen molar-refractivity contribution in [1.82, 2.24) is 15.5 Å². The molecule has 0 radical (unpaired) electrons. The molecule has 0 saturated carbocycles. The fourth-order valence-electron chi connectivity index (χ4n) is 4.50. The maximum absolute atomic E-state index is 13.4. The molecule has 36 heavy (non-hydrogen) atoms. The van der Waals surface area contributed by atoms with Crippen molar-refractivity contribution in [3.05, 3.63) is 96.1 Å². The molecule has 2 amide bonds. The molecule has 1 saturated heterocycles. The number of nitrogens with one attached hydrogen (secondary N) is 2. The van der Waals surface area contributed by atoms with Crippen molar-refractivity contribution in [2.45, 2.75) is 25.3 Å². The first kappa shape index (κ1) is 25.6. The van der Waals surface area contributed by atoms with Crippen molar-refractivity contribution in [2.75, 3.05) is 39.4 Å². The highest BCUT2D eigenvalue weighted by Gasteiger charge is 2.23. The van der Waals surface area contributed by atoms with Gasteiger partial charge in [0.1, 0.15) is 6.04 Å². The lowest BCUT2D eigenvalue weighted by Crippen LogP contribution is -2.47. The van der Waals surface area contributed by atoms with Gasteiger partial charge in [-0.25, -0.2) is 0 Å². The van der Waals surface area contributed by atoms with Crippen molar-refractivity contribution in [1.29, 1.82) is 0 Å². The number of ether oxygens (including phenoxy) is 1. The van der Waals surface area contributed by atoms with E-state index < -0.39 is 6.04 Å². The average Bonchev–Trinajstić information content (AvgIpc) is 2.94. The largest absolute Gasteiger partial charge is 0.379 e. The molecule has 0 unspecified atom stereocenters. The van der Waals surface area contributed by atoms with Crippen molar-refractivity contribution < 1.29 is 14.3 Å². The molecule has 1 fully saturated rings. The minimum absolute atomic E-state index is 0.140. The minimum atomic E-state index is -0.599. The second-order valence-corrected chi connectivity index (χ2v) is 9.06. The summed E-state index contributed by atoms with van der Waals surface area (Å²) in [6.07, 6.45) is 2.14. The second-order valence-electron chi connectivity index (χ2n) is 9.06. The first-order valence-corrected chi connectivity index (χ1v) is 12.8. The number of hydrogen-bond acceptors (Lipinski definition) is 4. The summed E-state index contributed by atoms with van der Waals surface area (Å²) in [5, 5.41) is 6.07. The lowest BCUT2D eigenvalue weighted by molar-refractivity contribution is -0.123. The van der Waals surface area contributed by atoms with Gasteiger partial charge in [0.15, 0.2) is 0 Å². The Hall–Kier alpha value is -3.48. The maximum atomic E-state index is 13.4. The van der Waals surface area contributed by atoms with E-state index in [2.05, 4.69) is 15.5 Å². The third kappa shape index (κ3) is 7.51. The molecule has 188 valence electrons. The van der Waals surface area contributed by atoms with Gasteiger partial charge in [-0.3, -0.25) is 14.5 Å². The van der Waals surface area contributed by atoms with Crippen LogP contribution >= 0.6 is 0 Å². The Kier molecular flexibility index (Phi) is 9.65. The predicted octanol–water partition coefficient (Wildman–Crippen LogP) is 3.92. The van der Waals surface area contributed by atoms with E-state index in [0.29, 0.717) is 18.5 Å². The highest BCUT2D eigenvalue weighted by Crippen LogP contribution is 2.23. The Balaban J connectivity index is 1.41. The molecule has 1 aliphatic rings. The van der Waals surface area contributed by atoms with Crippen LogP contribution in [0, 0.1) is 0 Å². The molecule has 0 aliphatic carbocycles.